The fourth-order valence-corrected chi connectivity index (χ4v) is 9.64. The van der Waals surface area contributed by atoms with Crippen molar-refractivity contribution in [2.24, 2.45) is 0 Å². The number of aliphatic hydroxyl groups excluding tert-OH is 2. The Morgan fingerprint density at radius 1 is 0.403 bits per heavy atom. The lowest BCUT2D eigenvalue weighted by molar-refractivity contribution is -0.143. The van der Waals surface area contributed by atoms with Crippen molar-refractivity contribution in [3.63, 3.8) is 0 Å². The molecule has 0 aromatic heterocycles. The molecule has 0 fully saturated rings. The summed E-state index contributed by atoms with van der Waals surface area (Å²) in [6, 6.07) is -0.542. The fourth-order valence-electron chi connectivity index (χ4n) is 9.64. The molecule has 6 nitrogen and oxygen atoms in total. The van der Waals surface area contributed by atoms with Crippen LogP contribution in [0.2, 0.25) is 0 Å². The molecular formula is C61H119NO5. The second kappa shape index (κ2) is 57.2. The third-order valence-corrected chi connectivity index (χ3v) is 14.3. The summed E-state index contributed by atoms with van der Waals surface area (Å²) in [6.45, 7) is 4.96. The summed E-state index contributed by atoms with van der Waals surface area (Å²) in [4.78, 5) is 24.5. The highest BCUT2D eigenvalue weighted by Crippen LogP contribution is 2.18. The van der Waals surface area contributed by atoms with Crippen LogP contribution in [0.25, 0.3) is 0 Å². The Morgan fingerprint density at radius 3 is 1.06 bits per heavy atom. The highest BCUT2D eigenvalue weighted by molar-refractivity contribution is 5.76. The maximum absolute atomic E-state index is 12.4. The average molecular weight is 947 g/mol. The summed E-state index contributed by atoms with van der Waals surface area (Å²) < 4.78 is 5.49. The lowest BCUT2D eigenvalue weighted by Crippen LogP contribution is -2.45. The molecule has 0 saturated carbocycles. The molecule has 0 aliphatic heterocycles. The van der Waals surface area contributed by atoms with E-state index >= 15 is 0 Å². The topological polar surface area (TPSA) is 95.9 Å². The van der Waals surface area contributed by atoms with Crippen LogP contribution in [0, 0.1) is 0 Å². The Labute approximate surface area is 419 Å². The highest BCUT2D eigenvalue weighted by Gasteiger charge is 2.20. The van der Waals surface area contributed by atoms with E-state index < -0.39 is 12.1 Å². The number of ether oxygens (including phenoxy) is 1. The number of rotatable bonds is 57. The average Bonchev–Trinajstić information content (AvgIpc) is 3.33. The smallest absolute Gasteiger partial charge is 0.305 e. The Hall–Kier alpha value is -1.40. The minimum absolute atomic E-state index is 0.0159. The standard InChI is InChI=1S/C61H119NO5/c1-3-5-7-9-11-13-15-16-27-31-35-39-43-47-51-55-61(66)67-56-52-48-44-40-36-32-29-26-24-22-20-18-17-19-21-23-25-28-30-34-38-42-46-50-54-60(65)62-58(57-63)59(64)53-49-45-41-37-33-14-12-10-8-6-4-2/h19,21,58-59,63-64H,3-18,20,22-57H2,1-2H3,(H,62,65)/b21-19-. The molecule has 2 atom stereocenters. The van der Waals surface area contributed by atoms with Gasteiger partial charge in [-0.05, 0) is 51.4 Å². The summed E-state index contributed by atoms with van der Waals surface area (Å²) in [6.07, 6.45) is 67.9. The van der Waals surface area contributed by atoms with Gasteiger partial charge in [-0.3, -0.25) is 9.59 Å². The third-order valence-electron chi connectivity index (χ3n) is 14.3. The van der Waals surface area contributed by atoms with Gasteiger partial charge in [0.1, 0.15) is 0 Å². The molecule has 0 saturated heterocycles. The van der Waals surface area contributed by atoms with E-state index in [9.17, 15) is 19.8 Å². The van der Waals surface area contributed by atoms with Crippen LogP contribution in [0.5, 0.6) is 0 Å². The zero-order chi connectivity index (χ0) is 48.6. The largest absolute Gasteiger partial charge is 0.466 e. The first kappa shape index (κ1) is 65.6. The van der Waals surface area contributed by atoms with E-state index in [2.05, 4.69) is 31.3 Å². The summed E-state index contributed by atoms with van der Waals surface area (Å²) in [7, 11) is 0. The number of aliphatic hydroxyl groups is 2. The highest BCUT2D eigenvalue weighted by atomic mass is 16.5. The van der Waals surface area contributed by atoms with Crippen molar-refractivity contribution in [2.45, 2.75) is 353 Å². The van der Waals surface area contributed by atoms with Gasteiger partial charge in [-0.15, -0.1) is 0 Å². The molecule has 0 heterocycles. The van der Waals surface area contributed by atoms with Crippen molar-refractivity contribution in [1.29, 1.82) is 0 Å². The van der Waals surface area contributed by atoms with Crippen LogP contribution in [0.4, 0.5) is 0 Å². The first-order valence-corrected chi connectivity index (χ1v) is 30.4. The van der Waals surface area contributed by atoms with E-state index in [0.29, 0.717) is 25.9 Å². The van der Waals surface area contributed by atoms with E-state index in [1.165, 1.54) is 270 Å². The first-order valence-electron chi connectivity index (χ1n) is 30.4. The zero-order valence-electron chi connectivity index (χ0n) is 45.4. The van der Waals surface area contributed by atoms with Crippen LogP contribution >= 0.6 is 0 Å². The van der Waals surface area contributed by atoms with Crippen molar-refractivity contribution in [3.8, 4) is 0 Å². The number of nitrogens with one attached hydrogen (secondary N) is 1. The Bertz CT molecular complexity index is 1000. The molecule has 6 heteroatoms. The summed E-state index contributed by atoms with van der Waals surface area (Å²) in [5.74, 6) is -0.0233. The van der Waals surface area contributed by atoms with Gasteiger partial charge in [0.05, 0.1) is 25.4 Å². The van der Waals surface area contributed by atoms with Gasteiger partial charge >= 0.3 is 5.97 Å². The van der Waals surface area contributed by atoms with Crippen molar-refractivity contribution >= 4 is 11.9 Å². The van der Waals surface area contributed by atoms with Crippen LogP contribution in [0.15, 0.2) is 12.2 Å². The van der Waals surface area contributed by atoms with E-state index in [1.807, 2.05) is 0 Å². The summed E-state index contributed by atoms with van der Waals surface area (Å²) >= 11 is 0. The maximum Gasteiger partial charge on any atom is 0.305 e. The summed E-state index contributed by atoms with van der Waals surface area (Å²) in [5.41, 5.74) is 0. The predicted molar refractivity (Wildman–Crippen MR) is 292 cm³/mol. The molecule has 0 bridgehead atoms. The second-order valence-corrected chi connectivity index (χ2v) is 21.0. The first-order chi connectivity index (χ1) is 33.0. The Morgan fingerprint density at radius 2 is 0.701 bits per heavy atom. The molecule has 0 rings (SSSR count). The SMILES string of the molecule is CCCCCCCCCCCCCCCCCC(=O)OCCCCCCCCCCCCCC/C=C\CCCCCCCCCCC(=O)NC(CO)C(O)CCCCCCCCCCCCC. The molecule has 0 aromatic carbocycles. The third kappa shape index (κ3) is 53.8. The lowest BCUT2D eigenvalue weighted by atomic mass is 10.0. The van der Waals surface area contributed by atoms with Crippen LogP contribution in [-0.2, 0) is 14.3 Å². The number of allylic oxidation sites excluding steroid dienone is 2. The monoisotopic (exact) mass is 946 g/mol. The van der Waals surface area contributed by atoms with Gasteiger partial charge in [-0.25, -0.2) is 0 Å². The molecule has 0 radical (unpaired) electrons. The number of carbonyl (C=O) groups is 2. The van der Waals surface area contributed by atoms with Crippen molar-refractivity contribution in [3.05, 3.63) is 12.2 Å². The van der Waals surface area contributed by atoms with E-state index in [4.69, 9.17) is 4.74 Å². The molecule has 3 N–H and O–H groups in total. The van der Waals surface area contributed by atoms with Crippen molar-refractivity contribution in [1.82, 2.24) is 5.32 Å². The van der Waals surface area contributed by atoms with Crippen LogP contribution in [-0.4, -0.2) is 47.4 Å². The summed E-state index contributed by atoms with van der Waals surface area (Å²) in [5, 5.41) is 23.2. The Kier molecular flexibility index (Phi) is 56.0. The molecule has 1 amide bonds. The van der Waals surface area contributed by atoms with Gasteiger partial charge in [0.15, 0.2) is 0 Å². The predicted octanol–water partition coefficient (Wildman–Crippen LogP) is 18.9. The van der Waals surface area contributed by atoms with Crippen molar-refractivity contribution in [2.75, 3.05) is 13.2 Å². The van der Waals surface area contributed by atoms with Gasteiger partial charge in [0, 0.05) is 12.8 Å². The quantitative estimate of drug-likeness (QED) is 0.0321. The zero-order valence-corrected chi connectivity index (χ0v) is 45.4. The molecule has 0 aliphatic rings. The van der Waals surface area contributed by atoms with Gasteiger partial charge < -0.3 is 20.3 Å². The van der Waals surface area contributed by atoms with E-state index in [0.717, 1.165) is 38.5 Å². The van der Waals surface area contributed by atoms with Gasteiger partial charge in [-0.1, -0.05) is 289 Å². The maximum atomic E-state index is 12.4. The molecule has 0 spiro atoms. The number of hydrogen-bond donors (Lipinski definition) is 3. The minimum atomic E-state index is -0.665. The molecule has 2 unspecified atom stereocenters. The van der Waals surface area contributed by atoms with Gasteiger partial charge in [-0.2, -0.15) is 0 Å². The number of hydrogen-bond acceptors (Lipinski definition) is 5. The molecule has 67 heavy (non-hydrogen) atoms. The van der Waals surface area contributed by atoms with Gasteiger partial charge in [0.2, 0.25) is 5.91 Å². The number of unbranched alkanes of at least 4 members (excludes halogenated alkanes) is 44. The van der Waals surface area contributed by atoms with Crippen LogP contribution in [0.3, 0.4) is 0 Å². The molecule has 0 aliphatic carbocycles. The fraction of sp³-hybridized carbons (Fsp3) is 0.934. The molecular weight excluding hydrogens is 827 g/mol. The number of carbonyl (C=O) groups excluding carboxylic acids is 2. The minimum Gasteiger partial charge on any atom is -0.466 e. The van der Waals surface area contributed by atoms with Gasteiger partial charge in [0.25, 0.3) is 0 Å². The van der Waals surface area contributed by atoms with Crippen LogP contribution < -0.4 is 5.32 Å². The number of esters is 1. The van der Waals surface area contributed by atoms with Crippen LogP contribution in [0.1, 0.15) is 341 Å². The Balaban J connectivity index is 3.36. The van der Waals surface area contributed by atoms with Crippen molar-refractivity contribution < 1.29 is 24.5 Å². The molecule has 0 aromatic rings. The molecule has 398 valence electrons. The lowest BCUT2D eigenvalue weighted by Gasteiger charge is -2.22. The number of amides is 1. The van der Waals surface area contributed by atoms with E-state index in [1.54, 1.807) is 0 Å². The second-order valence-electron chi connectivity index (χ2n) is 21.0. The van der Waals surface area contributed by atoms with E-state index in [-0.39, 0.29) is 18.5 Å². The normalized spacial score (nSPS) is 12.6.